The van der Waals surface area contributed by atoms with E-state index in [1.165, 1.54) is 64.2 Å². The lowest BCUT2D eigenvalue weighted by molar-refractivity contribution is 0.225. The lowest BCUT2D eigenvalue weighted by atomic mass is 9.82. The van der Waals surface area contributed by atoms with Crippen LogP contribution >= 0.6 is 0 Å². The summed E-state index contributed by atoms with van der Waals surface area (Å²) in [5, 5.41) is 17.4. The number of rotatable bonds is 14. The van der Waals surface area contributed by atoms with E-state index >= 15 is 0 Å². The molecule has 0 aromatic heterocycles. The highest BCUT2D eigenvalue weighted by molar-refractivity contribution is 4.68. The Morgan fingerprint density at radius 2 is 1.29 bits per heavy atom. The van der Waals surface area contributed by atoms with Crippen LogP contribution in [-0.2, 0) is 0 Å². The molecule has 0 aliphatic heterocycles. The van der Waals surface area contributed by atoms with Crippen LogP contribution in [0.3, 0.4) is 0 Å². The molecule has 148 valence electrons. The Bertz CT molecular complexity index is 238. The second-order valence-corrected chi connectivity index (χ2v) is 8.56. The standard InChI is InChI=1S/2C11H24O/c1-4-6-10(2)7-5-8-11(3)9-12;1-4-5-8-11(2,3)9-6-7-10-12/h10-12H,4-9H2,1-3H3;12H,4-10H2,1-3H3. The molecule has 2 heteroatoms. The summed E-state index contributed by atoms with van der Waals surface area (Å²) in [4.78, 5) is 0. The summed E-state index contributed by atoms with van der Waals surface area (Å²) in [5.41, 5.74) is 0.491. The van der Waals surface area contributed by atoms with Crippen LogP contribution in [0.15, 0.2) is 0 Å². The molecule has 0 radical (unpaired) electrons. The van der Waals surface area contributed by atoms with Gasteiger partial charge in [-0.3, -0.25) is 0 Å². The monoisotopic (exact) mass is 344 g/mol. The molecule has 24 heavy (non-hydrogen) atoms. The SMILES string of the molecule is CCCC(C)CCCC(C)CO.CCCCC(C)(C)CCCCO. The first-order valence-corrected chi connectivity index (χ1v) is 10.5. The predicted octanol–water partition coefficient (Wildman–Crippen LogP) is 6.59. The minimum Gasteiger partial charge on any atom is -0.396 e. The lowest BCUT2D eigenvalue weighted by Gasteiger charge is -2.24. The Hall–Kier alpha value is -0.0800. The van der Waals surface area contributed by atoms with Gasteiger partial charge in [-0.15, -0.1) is 0 Å². The third-order valence-electron chi connectivity index (χ3n) is 4.96. The molecule has 0 amide bonds. The van der Waals surface area contributed by atoms with Crippen molar-refractivity contribution in [3.05, 3.63) is 0 Å². The summed E-state index contributed by atoms with van der Waals surface area (Å²) < 4.78 is 0. The highest BCUT2D eigenvalue weighted by atomic mass is 16.3. The molecule has 0 aromatic carbocycles. The molecule has 0 saturated carbocycles. The van der Waals surface area contributed by atoms with Crippen molar-refractivity contribution >= 4 is 0 Å². The number of unbranched alkanes of at least 4 members (excludes halogenated alkanes) is 2. The van der Waals surface area contributed by atoms with Gasteiger partial charge in [0.1, 0.15) is 0 Å². The molecular formula is C22H48O2. The zero-order chi connectivity index (χ0) is 18.8. The number of hydrogen-bond acceptors (Lipinski definition) is 2. The Labute approximate surface area is 153 Å². The molecule has 0 rings (SSSR count). The molecule has 2 unspecified atom stereocenters. The highest BCUT2D eigenvalue weighted by Gasteiger charge is 2.15. The first-order valence-electron chi connectivity index (χ1n) is 10.5. The zero-order valence-corrected chi connectivity index (χ0v) is 17.7. The number of hydrogen-bond donors (Lipinski definition) is 2. The first-order chi connectivity index (χ1) is 11.3. The summed E-state index contributed by atoms with van der Waals surface area (Å²) in [7, 11) is 0. The van der Waals surface area contributed by atoms with Gasteiger partial charge in [-0.2, -0.15) is 0 Å². The average molecular weight is 345 g/mol. The van der Waals surface area contributed by atoms with Crippen molar-refractivity contribution in [1.82, 2.24) is 0 Å². The van der Waals surface area contributed by atoms with Gasteiger partial charge in [0.15, 0.2) is 0 Å². The third kappa shape index (κ3) is 20.0. The molecule has 0 spiro atoms. The topological polar surface area (TPSA) is 40.5 Å². The van der Waals surface area contributed by atoms with Crippen molar-refractivity contribution in [2.24, 2.45) is 17.3 Å². The van der Waals surface area contributed by atoms with Gasteiger partial charge in [-0.1, -0.05) is 86.5 Å². The fourth-order valence-corrected chi connectivity index (χ4v) is 3.04. The number of aliphatic hydroxyl groups excluding tert-OH is 2. The molecular weight excluding hydrogens is 296 g/mol. The van der Waals surface area contributed by atoms with Gasteiger partial charge >= 0.3 is 0 Å². The van der Waals surface area contributed by atoms with E-state index in [0.717, 1.165) is 12.3 Å². The van der Waals surface area contributed by atoms with E-state index in [-0.39, 0.29) is 0 Å². The van der Waals surface area contributed by atoms with Crippen LogP contribution in [0.2, 0.25) is 0 Å². The quantitative estimate of drug-likeness (QED) is 0.349. The van der Waals surface area contributed by atoms with Crippen LogP contribution in [0.1, 0.15) is 112 Å². The van der Waals surface area contributed by atoms with E-state index in [1.807, 2.05) is 0 Å². The summed E-state index contributed by atoms with van der Waals surface area (Å²) in [6.07, 6.45) is 13.8. The van der Waals surface area contributed by atoms with Crippen molar-refractivity contribution in [2.45, 2.75) is 112 Å². The van der Waals surface area contributed by atoms with Gasteiger partial charge in [0.2, 0.25) is 0 Å². The molecule has 2 atom stereocenters. The molecule has 0 aromatic rings. The zero-order valence-electron chi connectivity index (χ0n) is 17.7. The largest absolute Gasteiger partial charge is 0.396 e. The van der Waals surface area contributed by atoms with E-state index in [1.54, 1.807) is 0 Å². The molecule has 2 N–H and O–H groups in total. The van der Waals surface area contributed by atoms with Crippen LogP contribution in [0, 0.1) is 17.3 Å². The van der Waals surface area contributed by atoms with E-state index in [9.17, 15) is 0 Å². The molecule has 0 bridgehead atoms. The Kier molecular flexibility index (Phi) is 19.3. The average Bonchev–Trinajstić information content (AvgIpc) is 2.54. The maximum atomic E-state index is 8.80. The molecule has 2 nitrogen and oxygen atoms in total. The highest BCUT2D eigenvalue weighted by Crippen LogP contribution is 2.29. The second-order valence-electron chi connectivity index (χ2n) is 8.56. The van der Waals surface area contributed by atoms with Gasteiger partial charge in [0, 0.05) is 13.2 Å². The van der Waals surface area contributed by atoms with Gasteiger partial charge in [-0.05, 0) is 42.9 Å². The Morgan fingerprint density at radius 1 is 0.708 bits per heavy atom. The third-order valence-corrected chi connectivity index (χ3v) is 4.96. The Balaban J connectivity index is 0. The van der Waals surface area contributed by atoms with Crippen LogP contribution in [0.5, 0.6) is 0 Å². The van der Waals surface area contributed by atoms with Crippen LogP contribution in [-0.4, -0.2) is 23.4 Å². The predicted molar refractivity (Wildman–Crippen MR) is 108 cm³/mol. The van der Waals surface area contributed by atoms with E-state index in [2.05, 4.69) is 41.5 Å². The minimum absolute atomic E-state index is 0.349. The molecule has 0 saturated heterocycles. The second kappa shape index (κ2) is 17.7. The summed E-state index contributed by atoms with van der Waals surface area (Å²) >= 11 is 0. The van der Waals surface area contributed by atoms with E-state index in [4.69, 9.17) is 10.2 Å². The van der Waals surface area contributed by atoms with Crippen molar-refractivity contribution in [2.75, 3.05) is 13.2 Å². The van der Waals surface area contributed by atoms with Gasteiger partial charge in [-0.25, -0.2) is 0 Å². The lowest BCUT2D eigenvalue weighted by Crippen LogP contribution is -2.11. The van der Waals surface area contributed by atoms with E-state index in [0.29, 0.717) is 24.5 Å². The fourth-order valence-electron chi connectivity index (χ4n) is 3.04. The summed E-state index contributed by atoms with van der Waals surface area (Å²) in [6, 6.07) is 0. The van der Waals surface area contributed by atoms with Crippen molar-refractivity contribution < 1.29 is 10.2 Å². The van der Waals surface area contributed by atoms with Crippen molar-refractivity contribution in [1.29, 1.82) is 0 Å². The molecule has 0 heterocycles. The Morgan fingerprint density at radius 3 is 1.79 bits per heavy atom. The summed E-state index contributed by atoms with van der Waals surface area (Å²) in [5.74, 6) is 1.37. The maximum Gasteiger partial charge on any atom is 0.0456 e. The molecule has 0 fully saturated rings. The smallest absolute Gasteiger partial charge is 0.0456 e. The molecule has 0 aliphatic rings. The summed E-state index contributed by atoms with van der Waals surface area (Å²) in [6.45, 7) is 14.3. The van der Waals surface area contributed by atoms with Crippen LogP contribution < -0.4 is 0 Å². The minimum atomic E-state index is 0.349. The van der Waals surface area contributed by atoms with E-state index < -0.39 is 0 Å². The first kappa shape index (κ1) is 26.2. The fraction of sp³-hybridized carbons (Fsp3) is 1.00. The maximum absolute atomic E-state index is 8.80. The normalized spacial score (nSPS) is 14.0. The van der Waals surface area contributed by atoms with Crippen LogP contribution in [0.25, 0.3) is 0 Å². The molecule has 0 aliphatic carbocycles. The van der Waals surface area contributed by atoms with Crippen LogP contribution in [0.4, 0.5) is 0 Å². The van der Waals surface area contributed by atoms with Gasteiger partial charge < -0.3 is 10.2 Å². The van der Waals surface area contributed by atoms with Gasteiger partial charge in [0.05, 0.1) is 0 Å². The van der Waals surface area contributed by atoms with Gasteiger partial charge in [0.25, 0.3) is 0 Å². The number of aliphatic hydroxyl groups is 2. The van der Waals surface area contributed by atoms with Crippen molar-refractivity contribution in [3.8, 4) is 0 Å². The van der Waals surface area contributed by atoms with Crippen molar-refractivity contribution in [3.63, 3.8) is 0 Å².